The highest BCUT2D eigenvalue weighted by Gasteiger charge is 2.21. The number of ether oxygens (including phenoxy) is 1. The molecule has 9 heteroatoms. The highest BCUT2D eigenvalue weighted by Crippen LogP contribution is 2.16. The van der Waals surface area contributed by atoms with Gasteiger partial charge in [-0.15, -0.1) is 0 Å². The molecule has 0 radical (unpaired) electrons. The van der Waals surface area contributed by atoms with E-state index in [1.54, 1.807) is 45.2 Å². The fraction of sp³-hybridized carbons (Fsp3) is 0.556. The van der Waals surface area contributed by atoms with Crippen molar-refractivity contribution >= 4 is 21.8 Å². The molecule has 8 nitrogen and oxygen atoms in total. The SMILES string of the molecule is CCN(CC)S(=O)(=O)c1ccc(CCNC(=O)C(=O)NCCCOC)cc1. The summed E-state index contributed by atoms with van der Waals surface area (Å²) in [7, 11) is -1.90. The van der Waals surface area contributed by atoms with Gasteiger partial charge in [-0.2, -0.15) is 4.31 Å². The van der Waals surface area contributed by atoms with Gasteiger partial charge in [0, 0.05) is 39.9 Å². The molecular formula is C18H29N3O5S. The molecule has 0 atom stereocenters. The Balaban J connectivity index is 2.48. The van der Waals surface area contributed by atoms with Gasteiger partial charge >= 0.3 is 11.8 Å². The minimum absolute atomic E-state index is 0.245. The predicted molar refractivity (Wildman–Crippen MR) is 103 cm³/mol. The number of nitrogens with zero attached hydrogens (tertiary/aromatic N) is 1. The summed E-state index contributed by atoms with van der Waals surface area (Å²) in [4.78, 5) is 23.5. The lowest BCUT2D eigenvalue weighted by atomic mass is 10.1. The predicted octanol–water partition coefficient (Wildman–Crippen LogP) is 0.529. The van der Waals surface area contributed by atoms with Crippen molar-refractivity contribution in [2.45, 2.75) is 31.6 Å². The van der Waals surface area contributed by atoms with Gasteiger partial charge in [0.25, 0.3) is 0 Å². The zero-order chi connectivity index (χ0) is 20.3. The molecule has 0 bridgehead atoms. The molecule has 0 aliphatic carbocycles. The smallest absolute Gasteiger partial charge is 0.309 e. The van der Waals surface area contributed by atoms with Crippen LogP contribution in [0.5, 0.6) is 0 Å². The first kappa shape index (κ1) is 23.1. The van der Waals surface area contributed by atoms with Crippen molar-refractivity contribution in [1.29, 1.82) is 0 Å². The number of hydrogen-bond donors (Lipinski definition) is 2. The summed E-state index contributed by atoms with van der Waals surface area (Å²) in [6.07, 6.45) is 1.13. The van der Waals surface area contributed by atoms with E-state index in [4.69, 9.17) is 4.74 Å². The van der Waals surface area contributed by atoms with E-state index in [0.717, 1.165) is 5.56 Å². The standard InChI is InChI=1S/C18H29N3O5S/c1-4-21(5-2)27(24,25)16-9-7-15(8-10-16)11-13-20-18(23)17(22)19-12-6-14-26-3/h7-10H,4-6,11-14H2,1-3H3,(H,19,22)(H,20,23). The molecule has 0 saturated carbocycles. The molecule has 152 valence electrons. The number of methoxy groups -OCH3 is 1. The summed E-state index contributed by atoms with van der Waals surface area (Å²) in [5.74, 6) is -1.36. The summed E-state index contributed by atoms with van der Waals surface area (Å²) in [6, 6.07) is 6.56. The van der Waals surface area contributed by atoms with E-state index in [1.165, 1.54) is 4.31 Å². The van der Waals surface area contributed by atoms with Crippen LogP contribution < -0.4 is 10.6 Å². The molecule has 2 amide bonds. The zero-order valence-electron chi connectivity index (χ0n) is 16.2. The summed E-state index contributed by atoms with van der Waals surface area (Å²) < 4.78 is 31.1. The van der Waals surface area contributed by atoms with Crippen molar-refractivity contribution in [3.63, 3.8) is 0 Å². The van der Waals surface area contributed by atoms with E-state index >= 15 is 0 Å². The highest BCUT2D eigenvalue weighted by atomic mass is 32.2. The van der Waals surface area contributed by atoms with Crippen molar-refractivity contribution < 1.29 is 22.7 Å². The molecule has 27 heavy (non-hydrogen) atoms. The number of hydrogen-bond acceptors (Lipinski definition) is 5. The lowest BCUT2D eigenvalue weighted by Gasteiger charge is -2.18. The fourth-order valence-corrected chi connectivity index (χ4v) is 3.90. The van der Waals surface area contributed by atoms with Crippen LogP contribution in [-0.2, 0) is 30.8 Å². The van der Waals surface area contributed by atoms with Crippen LogP contribution in [0.3, 0.4) is 0 Å². The molecule has 0 fully saturated rings. The Kier molecular flexibility index (Phi) is 9.98. The van der Waals surface area contributed by atoms with Crippen molar-refractivity contribution in [3.8, 4) is 0 Å². The van der Waals surface area contributed by atoms with Gasteiger partial charge in [-0.1, -0.05) is 26.0 Å². The third kappa shape index (κ3) is 7.28. The average Bonchev–Trinajstić information content (AvgIpc) is 2.66. The minimum Gasteiger partial charge on any atom is -0.385 e. The van der Waals surface area contributed by atoms with Crippen LogP contribution in [0, 0.1) is 0 Å². The van der Waals surface area contributed by atoms with Crippen LogP contribution in [0.15, 0.2) is 29.2 Å². The molecule has 0 unspecified atom stereocenters. The van der Waals surface area contributed by atoms with E-state index in [-0.39, 0.29) is 11.4 Å². The molecule has 0 aliphatic heterocycles. The Labute approximate surface area is 161 Å². The lowest BCUT2D eigenvalue weighted by molar-refractivity contribution is -0.139. The van der Waals surface area contributed by atoms with Gasteiger partial charge in [-0.05, 0) is 30.5 Å². The zero-order valence-corrected chi connectivity index (χ0v) is 17.0. The first-order chi connectivity index (χ1) is 12.9. The topological polar surface area (TPSA) is 105 Å². The number of rotatable bonds is 11. The van der Waals surface area contributed by atoms with Gasteiger partial charge in [0.05, 0.1) is 4.90 Å². The van der Waals surface area contributed by atoms with Crippen LogP contribution in [0.4, 0.5) is 0 Å². The number of nitrogens with one attached hydrogen (secondary N) is 2. The first-order valence-corrected chi connectivity index (χ1v) is 10.4. The van der Waals surface area contributed by atoms with E-state index in [1.807, 2.05) is 0 Å². The summed E-state index contributed by atoms with van der Waals surface area (Å²) in [5.41, 5.74) is 0.870. The molecule has 1 rings (SSSR count). The van der Waals surface area contributed by atoms with Crippen LogP contribution in [0.25, 0.3) is 0 Å². The molecular weight excluding hydrogens is 370 g/mol. The minimum atomic E-state index is -3.47. The summed E-state index contributed by atoms with van der Waals surface area (Å²) in [6.45, 7) is 5.61. The summed E-state index contributed by atoms with van der Waals surface area (Å²) in [5, 5.41) is 5.05. The Bertz CT molecular complexity index is 700. The Morgan fingerprint density at radius 1 is 1.00 bits per heavy atom. The molecule has 1 aromatic rings. The van der Waals surface area contributed by atoms with Crippen LogP contribution in [0.1, 0.15) is 25.8 Å². The van der Waals surface area contributed by atoms with E-state index in [0.29, 0.717) is 39.1 Å². The maximum Gasteiger partial charge on any atom is 0.309 e. The second-order valence-corrected chi connectivity index (χ2v) is 7.78. The third-order valence-corrected chi connectivity index (χ3v) is 6.05. The Hall–Kier alpha value is -1.97. The number of carbonyl (C=O) groups excluding carboxylic acids is 2. The molecule has 0 heterocycles. The average molecular weight is 400 g/mol. The Morgan fingerprint density at radius 3 is 2.07 bits per heavy atom. The molecule has 0 saturated heterocycles. The lowest BCUT2D eigenvalue weighted by Crippen LogP contribution is -2.41. The maximum atomic E-state index is 12.4. The van der Waals surface area contributed by atoms with Gasteiger partial charge in [0.15, 0.2) is 0 Å². The van der Waals surface area contributed by atoms with Crippen LogP contribution in [-0.4, -0.2) is 64.4 Å². The second kappa shape index (κ2) is 11.7. The second-order valence-electron chi connectivity index (χ2n) is 5.84. The van der Waals surface area contributed by atoms with Crippen molar-refractivity contribution in [2.24, 2.45) is 0 Å². The van der Waals surface area contributed by atoms with E-state index in [2.05, 4.69) is 10.6 Å². The highest BCUT2D eigenvalue weighted by molar-refractivity contribution is 7.89. The summed E-state index contributed by atoms with van der Waals surface area (Å²) >= 11 is 0. The third-order valence-electron chi connectivity index (χ3n) is 3.98. The van der Waals surface area contributed by atoms with Crippen molar-refractivity contribution in [3.05, 3.63) is 29.8 Å². The van der Waals surface area contributed by atoms with E-state index < -0.39 is 21.8 Å². The van der Waals surface area contributed by atoms with Gasteiger partial charge in [-0.25, -0.2) is 8.42 Å². The number of carbonyl (C=O) groups is 2. The molecule has 0 aliphatic rings. The van der Waals surface area contributed by atoms with Gasteiger partial charge in [0.1, 0.15) is 0 Å². The van der Waals surface area contributed by atoms with Crippen molar-refractivity contribution in [2.75, 3.05) is 39.9 Å². The largest absolute Gasteiger partial charge is 0.385 e. The maximum absolute atomic E-state index is 12.4. The molecule has 0 spiro atoms. The van der Waals surface area contributed by atoms with E-state index in [9.17, 15) is 18.0 Å². The van der Waals surface area contributed by atoms with Gasteiger partial charge in [-0.3, -0.25) is 9.59 Å². The van der Waals surface area contributed by atoms with Gasteiger partial charge < -0.3 is 15.4 Å². The van der Waals surface area contributed by atoms with Gasteiger partial charge in [0.2, 0.25) is 10.0 Å². The monoisotopic (exact) mass is 399 g/mol. The van der Waals surface area contributed by atoms with Crippen molar-refractivity contribution in [1.82, 2.24) is 14.9 Å². The number of benzene rings is 1. The fourth-order valence-electron chi connectivity index (χ4n) is 2.44. The Morgan fingerprint density at radius 2 is 1.56 bits per heavy atom. The van der Waals surface area contributed by atoms with Crippen LogP contribution in [0.2, 0.25) is 0 Å². The number of sulfonamides is 1. The van der Waals surface area contributed by atoms with Crippen LogP contribution >= 0.6 is 0 Å². The molecule has 1 aromatic carbocycles. The quantitative estimate of drug-likeness (QED) is 0.417. The normalized spacial score (nSPS) is 11.4. The first-order valence-electron chi connectivity index (χ1n) is 9.00. The number of amides is 2. The molecule has 0 aromatic heterocycles. The molecule has 2 N–H and O–H groups in total.